The van der Waals surface area contributed by atoms with Gasteiger partial charge in [0, 0.05) is 31.6 Å². The Labute approximate surface area is 149 Å². The fraction of sp³-hybridized carbons (Fsp3) is 0.222. The van der Waals surface area contributed by atoms with Crippen molar-refractivity contribution in [3.63, 3.8) is 0 Å². The molecule has 1 aliphatic rings. The van der Waals surface area contributed by atoms with Crippen LogP contribution in [0.5, 0.6) is 5.75 Å². The summed E-state index contributed by atoms with van der Waals surface area (Å²) in [5.74, 6) is 0.144. The maximum absolute atomic E-state index is 12.9. The molecular weight excluding hydrogens is 338 g/mol. The first-order valence-corrected chi connectivity index (χ1v) is 7.99. The van der Waals surface area contributed by atoms with E-state index in [1.807, 2.05) is 0 Å². The maximum Gasteiger partial charge on any atom is 0.331 e. The van der Waals surface area contributed by atoms with Crippen molar-refractivity contribution in [3.8, 4) is 5.75 Å². The van der Waals surface area contributed by atoms with Crippen molar-refractivity contribution in [1.29, 1.82) is 0 Å². The van der Waals surface area contributed by atoms with Crippen LogP contribution in [0.2, 0.25) is 0 Å². The molecule has 0 unspecified atom stereocenters. The van der Waals surface area contributed by atoms with E-state index in [4.69, 9.17) is 4.74 Å². The van der Waals surface area contributed by atoms with Crippen molar-refractivity contribution in [1.82, 2.24) is 4.90 Å². The van der Waals surface area contributed by atoms with Gasteiger partial charge in [-0.25, -0.2) is 9.69 Å². The van der Waals surface area contributed by atoms with Crippen molar-refractivity contribution in [3.05, 3.63) is 64.2 Å². The molecule has 1 fully saturated rings. The van der Waals surface area contributed by atoms with Crippen LogP contribution in [0.1, 0.15) is 12.0 Å². The molecule has 134 valence electrons. The van der Waals surface area contributed by atoms with Gasteiger partial charge in [0.2, 0.25) is 5.91 Å². The summed E-state index contributed by atoms with van der Waals surface area (Å²) < 4.78 is 5.26. The van der Waals surface area contributed by atoms with Gasteiger partial charge >= 0.3 is 6.03 Å². The number of nitrogens with zero attached hydrogens (tertiary/aromatic N) is 3. The molecular formula is C18H17N3O5. The van der Waals surface area contributed by atoms with Crippen LogP contribution in [0.4, 0.5) is 16.2 Å². The minimum absolute atomic E-state index is 0.00968. The molecule has 1 heterocycles. The Morgan fingerprint density at radius 3 is 2.46 bits per heavy atom. The second kappa shape index (κ2) is 7.22. The Bertz CT molecular complexity index is 850. The molecule has 0 saturated carbocycles. The first-order valence-electron chi connectivity index (χ1n) is 7.99. The van der Waals surface area contributed by atoms with Crippen LogP contribution >= 0.6 is 0 Å². The molecule has 1 saturated heterocycles. The number of nitro groups is 1. The third-order valence-electron chi connectivity index (χ3n) is 4.15. The number of para-hydroxylation sites is 2. The number of hydrogen-bond donors (Lipinski definition) is 0. The zero-order valence-corrected chi connectivity index (χ0v) is 14.1. The highest BCUT2D eigenvalue weighted by molar-refractivity contribution is 6.16. The van der Waals surface area contributed by atoms with E-state index >= 15 is 0 Å². The number of non-ortho nitro benzene ring substituents is 1. The van der Waals surface area contributed by atoms with Crippen molar-refractivity contribution in [2.45, 2.75) is 13.0 Å². The van der Waals surface area contributed by atoms with E-state index in [9.17, 15) is 19.7 Å². The first-order chi connectivity index (χ1) is 12.5. The number of carbonyl (C=O) groups excluding carboxylic acids is 2. The Kier molecular flexibility index (Phi) is 4.83. The molecule has 1 aliphatic heterocycles. The van der Waals surface area contributed by atoms with Gasteiger partial charge in [0.05, 0.1) is 17.7 Å². The van der Waals surface area contributed by atoms with E-state index in [0.717, 1.165) is 10.5 Å². The molecule has 0 spiro atoms. The van der Waals surface area contributed by atoms with Crippen LogP contribution in [0.3, 0.4) is 0 Å². The number of ether oxygens (including phenoxy) is 1. The lowest BCUT2D eigenvalue weighted by Crippen LogP contribution is -2.52. The molecule has 2 aromatic rings. The van der Waals surface area contributed by atoms with E-state index in [1.165, 1.54) is 24.1 Å². The predicted molar refractivity (Wildman–Crippen MR) is 94.0 cm³/mol. The second-order valence-corrected chi connectivity index (χ2v) is 5.78. The summed E-state index contributed by atoms with van der Waals surface area (Å²) in [6.45, 7) is 0.552. The maximum atomic E-state index is 12.9. The van der Waals surface area contributed by atoms with Crippen molar-refractivity contribution in [2.75, 3.05) is 18.6 Å². The van der Waals surface area contributed by atoms with Crippen LogP contribution in [-0.2, 0) is 11.3 Å². The smallest absolute Gasteiger partial charge is 0.331 e. The minimum atomic E-state index is -0.474. The van der Waals surface area contributed by atoms with Gasteiger partial charge in [0.15, 0.2) is 0 Å². The van der Waals surface area contributed by atoms with Crippen LogP contribution in [0, 0.1) is 10.1 Å². The number of benzene rings is 2. The normalized spacial score (nSPS) is 14.5. The summed E-state index contributed by atoms with van der Waals surface area (Å²) in [6, 6.07) is 12.4. The molecule has 0 bridgehead atoms. The van der Waals surface area contributed by atoms with Crippen molar-refractivity contribution >= 4 is 23.3 Å². The van der Waals surface area contributed by atoms with Crippen LogP contribution < -0.4 is 9.64 Å². The number of imide groups is 1. The van der Waals surface area contributed by atoms with E-state index in [-0.39, 0.29) is 24.6 Å². The fourth-order valence-corrected chi connectivity index (χ4v) is 2.83. The average molecular weight is 355 g/mol. The molecule has 0 atom stereocenters. The molecule has 8 nitrogen and oxygen atoms in total. The van der Waals surface area contributed by atoms with Gasteiger partial charge in [0.1, 0.15) is 5.75 Å². The van der Waals surface area contributed by atoms with Crippen molar-refractivity contribution in [2.24, 2.45) is 0 Å². The summed E-state index contributed by atoms with van der Waals surface area (Å²) in [7, 11) is 1.48. The number of carbonyl (C=O) groups is 2. The lowest BCUT2D eigenvalue weighted by atomic mass is 10.1. The minimum Gasteiger partial charge on any atom is -0.495 e. The summed E-state index contributed by atoms with van der Waals surface area (Å²) in [5, 5.41) is 10.7. The molecule has 2 aromatic carbocycles. The Morgan fingerprint density at radius 1 is 1.12 bits per heavy atom. The number of methoxy groups -OCH3 is 1. The highest BCUT2D eigenvalue weighted by atomic mass is 16.6. The Hall–Kier alpha value is -3.42. The third kappa shape index (κ3) is 3.34. The van der Waals surface area contributed by atoms with Gasteiger partial charge in [0.25, 0.3) is 5.69 Å². The molecule has 0 aliphatic carbocycles. The number of urea groups is 1. The Balaban J connectivity index is 1.83. The number of nitro benzene ring substituents is 1. The van der Waals surface area contributed by atoms with Gasteiger partial charge in [-0.15, -0.1) is 0 Å². The monoisotopic (exact) mass is 355 g/mol. The molecule has 3 amide bonds. The lowest BCUT2D eigenvalue weighted by Gasteiger charge is -2.34. The van der Waals surface area contributed by atoms with E-state index in [1.54, 1.807) is 36.4 Å². The zero-order chi connectivity index (χ0) is 18.7. The number of amides is 3. The molecule has 0 radical (unpaired) electrons. The van der Waals surface area contributed by atoms with E-state index in [0.29, 0.717) is 18.0 Å². The predicted octanol–water partition coefficient (Wildman–Crippen LogP) is 2.96. The largest absolute Gasteiger partial charge is 0.495 e. The molecule has 3 rings (SSSR count). The number of anilines is 1. The highest BCUT2D eigenvalue weighted by Crippen LogP contribution is 2.31. The topological polar surface area (TPSA) is 93.0 Å². The van der Waals surface area contributed by atoms with Gasteiger partial charge < -0.3 is 9.64 Å². The molecule has 26 heavy (non-hydrogen) atoms. The zero-order valence-electron chi connectivity index (χ0n) is 14.1. The summed E-state index contributed by atoms with van der Waals surface area (Å²) in [6.07, 6.45) is 0.191. The molecule has 0 aromatic heterocycles. The summed E-state index contributed by atoms with van der Waals surface area (Å²) in [4.78, 5) is 38.1. The van der Waals surface area contributed by atoms with E-state index < -0.39 is 11.0 Å². The van der Waals surface area contributed by atoms with Crippen molar-refractivity contribution < 1.29 is 19.2 Å². The van der Waals surface area contributed by atoms with Crippen LogP contribution in [0.25, 0.3) is 0 Å². The third-order valence-corrected chi connectivity index (χ3v) is 4.15. The standard InChI is InChI=1S/C18H17N3O5/c1-26-16-5-3-2-4-15(16)20-17(22)10-11-19(18(20)23)12-13-6-8-14(9-7-13)21(24)25/h2-9H,10-12H2,1H3. The van der Waals surface area contributed by atoms with Gasteiger partial charge in [-0.05, 0) is 17.7 Å². The first kappa shape index (κ1) is 17.4. The molecule has 0 N–H and O–H groups in total. The molecule has 8 heteroatoms. The average Bonchev–Trinajstić information content (AvgIpc) is 2.65. The second-order valence-electron chi connectivity index (χ2n) is 5.78. The lowest BCUT2D eigenvalue weighted by molar-refractivity contribution is -0.384. The van der Waals surface area contributed by atoms with E-state index in [2.05, 4.69) is 0 Å². The van der Waals surface area contributed by atoms with Gasteiger partial charge in [-0.2, -0.15) is 0 Å². The van der Waals surface area contributed by atoms with Gasteiger partial charge in [-0.1, -0.05) is 24.3 Å². The van der Waals surface area contributed by atoms with Gasteiger partial charge in [-0.3, -0.25) is 14.9 Å². The summed E-state index contributed by atoms with van der Waals surface area (Å²) in [5.41, 5.74) is 1.14. The number of rotatable bonds is 5. The number of hydrogen-bond acceptors (Lipinski definition) is 5. The highest BCUT2D eigenvalue weighted by Gasteiger charge is 2.34. The SMILES string of the molecule is COc1ccccc1N1C(=O)CCN(Cc2ccc([N+](=O)[O-])cc2)C1=O. The summed E-state index contributed by atoms with van der Waals surface area (Å²) >= 11 is 0. The fourth-order valence-electron chi connectivity index (χ4n) is 2.83. The Morgan fingerprint density at radius 2 is 1.81 bits per heavy atom. The van der Waals surface area contributed by atoms with Crippen LogP contribution in [-0.4, -0.2) is 35.4 Å². The quantitative estimate of drug-likeness (QED) is 0.607. The van der Waals surface area contributed by atoms with Crippen LogP contribution in [0.15, 0.2) is 48.5 Å².